The smallest absolute Gasteiger partial charge is 0.198 e. The third-order valence-electron chi connectivity index (χ3n) is 2.53. The van der Waals surface area contributed by atoms with Gasteiger partial charge in [-0.2, -0.15) is 0 Å². The van der Waals surface area contributed by atoms with E-state index in [0.29, 0.717) is 0 Å². The summed E-state index contributed by atoms with van der Waals surface area (Å²) >= 11 is 0. The van der Waals surface area contributed by atoms with E-state index in [4.69, 9.17) is 4.12 Å². The third kappa shape index (κ3) is 16.3. The van der Waals surface area contributed by atoms with Crippen molar-refractivity contribution < 1.29 is 25.2 Å². The van der Waals surface area contributed by atoms with Crippen molar-refractivity contribution in [3.63, 3.8) is 0 Å². The minimum absolute atomic E-state index is 0. The SMILES string of the molecule is C=C[Si](C)(C)O[Si](C)(C)C=C.CN1C=CN(C)C1.[CH3-].[CH3-].[CH3-].[Pt]. The summed E-state index contributed by atoms with van der Waals surface area (Å²) in [5.41, 5.74) is 3.93. The molecular formula is C16H37N2OPtSi2-3. The zero-order valence-corrected chi connectivity index (χ0v) is 20.3. The molecule has 0 aromatic heterocycles. The molecule has 1 heterocycles. The molecule has 0 unspecified atom stereocenters. The molecule has 0 atom stereocenters. The van der Waals surface area contributed by atoms with Gasteiger partial charge in [0.25, 0.3) is 0 Å². The number of rotatable bonds is 4. The van der Waals surface area contributed by atoms with Crippen LogP contribution in [0.25, 0.3) is 0 Å². The molecule has 0 amide bonds. The molecule has 3 nitrogen and oxygen atoms in total. The topological polar surface area (TPSA) is 15.7 Å². The molecule has 0 aromatic rings. The van der Waals surface area contributed by atoms with E-state index in [1.807, 2.05) is 11.4 Å². The maximum Gasteiger partial charge on any atom is 0.198 e. The number of hydrogen-bond acceptors (Lipinski definition) is 3. The molecule has 0 bridgehead atoms. The van der Waals surface area contributed by atoms with Crippen molar-refractivity contribution in [1.82, 2.24) is 9.80 Å². The Hall–Kier alpha value is -0.0979. The van der Waals surface area contributed by atoms with Crippen molar-refractivity contribution in [1.29, 1.82) is 0 Å². The van der Waals surface area contributed by atoms with Gasteiger partial charge in [0.2, 0.25) is 0 Å². The van der Waals surface area contributed by atoms with E-state index < -0.39 is 16.6 Å². The Morgan fingerprint density at radius 3 is 1.27 bits per heavy atom. The van der Waals surface area contributed by atoms with Gasteiger partial charge in [-0.1, -0.05) is 11.4 Å². The van der Waals surface area contributed by atoms with Gasteiger partial charge in [0.15, 0.2) is 16.6 Å². The molecule has 0 aromatic carbocycles. The Labute approximate surface area is 157 Å². The first-order valence-corrected chi connectivity index (χ1v) is 12.1. The van der Waals surface area contributed by atoms with E-state index in [2.05, 4.69) is 75.6 Å². The van der Waals surface area contributed by atoms with E-state index in [1.165, 1.54) is 0 Å². The number of hydrogen-bond donors (Lipinski definition) is 0. The van der Waals surface area contributed by atoms with Gasteiger partial charge in [-0.25, -0.2) is 0 Å². The van der Waals surface area contributed by atoms with Crippen molar-refractivity contribution in [2.75, 3.05) is 20.8 Å². The van der Waals surface area contributed by atoms with E-state index in [1.54, 1.807) is 0 Å². The summed E-state index contributed by atoms with van der Waals surface area (Å²) in [5.74, 6) is 0. The minimum atomic E-state index is -1.58. The predicted octanol–water partition coefficient (Wildman–Crippen LogP) is 4.50. The van der Waals surface area contributed by atoms with Gasteiger partial charge in [0.05, 0.1) is 6.67 Å². The molecule has 0 radical (unpaired) electrons. The van der Waals surface area contributed by atoms with E-state index in [-0.39, 0.29) is 43.3 Å². The number of nitrogens with zero attached hydrogens (tertiary/aromatic N) is 2. The first-order valence-electron chi connectivity index (χ1n) is 6.18. The van der Waals surface area contributed by atoms with Crippen LogP contribution in [0.15, 0.2) is 37.0 Å². The standard InChI is InChI=1S/C8H18OSi2.C5H10N2.3CH3.Pt/c1-7-10(3,4)9-11(5,6)8-2;1-6-3-4-7(2)5-6;;;;/h7-8H,1-2H2,3-6H3;3-4H,5H2,1-2H3;3*1H3;/q;;3*-1;. The Balaban J connectivity index is -0.0000000780. The first kappa shape index (κ1) is 33.5. The quantitative estimate of drug-likeness (QED) is 0.398. The average Bonchev–Trinajstić information content (AvgIpc) is 2.62. The Morgan fingerprint density at radius 1 is 0.864 bits per heavy atom. The molecule has 22 heavy (non-hydrogen) atoms. The molecule has 0 aliphatic carbocycles. The molecular weight excluding hydrogens is 487 g/mol. The van der Waals surface area contributed by atoms with Crippen LogP contribution in [0.2, 0.25) is 26.2 Å². The van der Waals surface area contributed by atoms with Gasteiger partial charge in [0, 0.05) is 47.6 Å². The van der Waals surface area contributed by atoms with Crippen molar-refractivity contribution in [2.45, 2.75) is 26.2 Å². The summed E-state index contributed by atoms with van der Waals surface area (Å²) < 4.78 is 5.97. The van der Waals surface area contributed by atoms with Gasteiger partial charge in [0.1, 0.15) is 0 Å². The van der Waals surface area contributed by atoms with Crippen LogP contribution in [0.1, 0.15) is 0 Å². The second-order valence-corrected chi connectivity index (χ2v) is 13.7. The average molecular weight is 525 g/mol. The van der Waals surface area contributed by atoms with Gasteiger partial charge in [-0.05, 0) is 26.2 Å². The summed E-state index contributed by atoms with van der Waals surface area (Å²) in [6.07, 6.45) is 4.11. The fourth-order valence-corrected chi connectivity index (χ4v) is 7.53. The Bertz CT molecular complexity index is 293. The predicted molar refractivity (Wildman–Crippen MR) is 105 cm³/mol. The van der Waals surface area contributed by atoms with E-state index >= 15 is 0 Å². The van der Waals surface area contributed by atoms with Crippen LogP contribution in [0.4, 0.5) is 0 Å². The molecule has 0 saturated heterocycles. The maximum absolute atomic E-state index is 5.97. The van der Waals surface area contributed by atoms with Crippen molar-refractivity contribution >= 4 is 16.6 Å². The van der Waals surface area contributed by atoms with Gasteiger partial charge < -0.3 is 36.2 Å². The normalized spacial score (nSPS) is 12.5. The molecule has 0 N–H and O–H groups in total. The minimum Gasteiger partial charge on any atom is -0.449 e. The third-order valence-corrected chi connectivity index (χ3v) is 8.71. The fraction of sp³-hybridized carbons (Fsp3) is 0.438. The van der Waals surface area contributed by atoms with Gasteiger partial charge in [-0.15, -0.1) is 13.2 Å². The van der Waals surface area contributed by atoms with Crippen molar-refractivity contribution in [3.05, 3.63) is 59.2 Å². The first-order chi connectivity index (χ1) is 8.12. The summed E-state index contributed by atoms with van der Waals surface area (Å²) in [6, 6.07) is 0. The van der Waals surface area contributed by atoms with E-state index in [9.17, 15) is 0 Å². The molecule has 0 spiro atoms. The summed E-state index contributed by atoms with van der Waals surface area (Å²) in [4.78, 5) is 4.25. The van der Waals surface area contributed by atoms with Crippen LogP contribution >= 0.6 is 0 Å². The maximum atomic E-state index is 5.97. The second kappa shape index (κ2) is 14.5. The van der Waals surface area contributed by atoms with Crippen molar-refractivity contribution in [2.24, 2.45) is 0 Å². The zero-order valence-electron chi connectivity index (χ0n) is 16.0. The molecule has 0 fully saturated rings. The van der Waals surface area contributed by atoms with E-state index in [0.717, 1.165) is 6.67 Å². The van der Waals surface area contributed by atoms with Gasteiger partial charge in [-0.3, -0.25) is 0 Å². The van der Waals surface area contributed by atoms with Crippen LogP contribution < -0.4 is 0 Å². The summed E-state index contributed by atoms with van der Waals surface area (Å²) in [6.45, 7) is 17.2. The molecule has 1 aliphatic heterocycles. The molecule has 138 valence electrons. The Morgan fingerprint density at radius 2 is 1.14 bits per heavy atom. The van der Waals surface area contributed by atoms with Crippen molar-refractivity contribution in [3.8, 4) is 0 Å². The monoisotopic (exact) mass is 524 g/mol. The van der Waals surface area contributed by atoms with Crippen LogP contribution in [-0.2, 0) is 25.2 Å². The molecule has 1 rings (SSSR count). The summed E-state index contributed by atoms with van der Waals surface area (Å²) in [5, 5.41) is 0. The molecule has 1 aliphatic rings. The largest absolute Gasteiger partial charge is 0.449 e. The Kier molecular flexibility index (Phi) is 22.1. The summed E-state index contributed by atoms with van der Waals surface area (Å²) in [7, 11) is 0.953. The van der Waals surface area contributed by atoms with Crippen LogP contribution in [0.3, 0.4) is 0 Å². The fourth-order valence-electron chi connectivity index (χ4n) is 1.44. The van der Waals surface area contributed by atoms with Gasteiger partial charge >= 0.3 is 0 Å². The van der Waals surface area contributed by atoms with Crippen LogP contribution in [0.5, 0.6) is 0 Å². The zero-order chi connectivity index (χ0) is 14.4. The van der Waals surface area contributed by atoms with Crippen LogP contribution in [-0.4, -0.2) is 47.2 Å². The van der Waals surface area contributed by atoms with Crippen LogP contribution in [0, 0.1) is 22.3 Å². The second-order valence-electron chi connectivity index (χ2n) is 5.67. The molecule has 0 saturated carbocycles. The molecule has 6 heteroatoms.